The first kappa shape index (κ1) is 14.7. The minimum Gasteiger partial charge on any atom is -0.313 e. The Balaban J connectivity index is 1.34. The Hall–Kier alpha value is -6.58. The fourth-order valence-corrected chi connectivity index (χ4v) is 7.09. The van der Waals surface area contributed by atoms with E-state index in [0.29, 0.717) is 16.8 Å². The summed E-state index contributed by atoms with van der Waals surface area (Å²) in [7, 11) is 0. The molecule has 51 heavy (non-hydrogen) atoms. The molecular formula is C48H33N3. The monoisotopic (exact) mass is 672 g/mol. The zero-order valence-electron chi connectivity index (χ0n) is 47.3. The number of hydrogen-bond acceptors (Lipinski definition) is 0. The Morgan fingerprint density at radius 1 is 0.510 bits per heavy atom. The highest BCUT2D eigenvalue weighted by atomic mass is 15.0. The normalized spacial score (nSPS) is 21.9. The molecule has 0 bridgehead atoms. The summed E-state index contributed by atoms with van der Waals surface area (Å²) >= 11 is 0. The van der Waals surface area contributed by atoms with Crippen LogP contribution in [0.15, 0.2) is 169 Å². The molecule has 10 aromatic rings. The SMILES string of the molecule is [2H]C1=C([2H])C([2H])C([2H])c2c1c1c([2H])c([2H])c([2H])c([2H])c1n2-c1cc2c3c([2H])c([2H])c([2H])c([2H])c3n(-c3c([2H])c([2H])c4c(c3[2H])c3c([2H])c([2H])c([2H])c([2H])c3n4-c3ccccc3-c3ccccc3)c2c([2H])c1[2H]. The summed E-state index contributed by atoms with van der Waals surface area (Å²) in [6, 6.07) is 4.39. The van der Waals surface area contributed by atoms with Gasteiger partial charge in [0.25, 0.3) is 0 Å². The molecule has 0 saturated heterocycles. The van der Waals surface area contributed by atoms with E-state index in [1.807, 2.05) is 18.2 Å². The first-order valence-electron chi connectivity index (χ1n) is 26.6. The van der Waals surface area contributed by atoms with Crippen LogP contribution in [0.25, 0.3) is 88.8 Å². The van der Waals surface area contributed by atoms with Gasteiger partial charge in [0, 0.05) is 57.9 Å². The van der Waals surface area contributed by atoms with Gasteiger partial charge in [-0.1, -0.05) is 115 Å². The van der Waals surface area contributed by atoms with Gasteiger partial charge >= 0.3 is 0 Å². The van der Waals surface area contributed by atoms with E-state index in [2.05, 4.69) is 0 Å². The van der Waals surface area contributed by atoms with Gasteiger partial charge in [-0.3, -0.25) is 0 Å². The quantitative estimate of drug-likeness (QED) is 0.177. The molecule has 7 aromatic carbocycles. The van der Waals surface area contributed by atoms with Crippen molar-refractivity contribution in [3.8, 4) is 28.2 Å². The zero-order chi connectivity index (χ0) is 51.7. The van der Waals surface area contributed by atoms with Crippen molar-refractivity contribution in [1.29, 1.82) is 0 Å². The Bertz CT molecular complexity index is 4190. The Morgan fingerprint density at radius 2 is 1.12 bits per heavy atom. The molecule has 11 rings (SSSR count). The molecule has 0 radical (unpaired) electrons. The molecular weight excluding hydrogens is 619 g/mol. The number of fused-ring (bicyclic) bond motifs is 9. The maximum Gasteiger partial charge on any atom is 0.0652 e. The lowest BCUT2D eigenvalue weighted by Crippen LogP contribution is -2.03. The van der Waals surface area contributed by atoms with Gasteiger partial charge < -0.3 is 13.7 Å². The molecule has 3 heterocycles. The van der Waals surface area contributed by atoms with Crippen LogP contribution in [0.1, 0.15) is 46.4 Å². The van der Waals surface area contributed by atoms with Crippen LogP contribution in [0.4, 0.5) is 0 Å². The first-order chi connectivity index (χ1) is 34.1. The molecule has 0 aliphatic heterocycles. The van der Waals surface area contributed by atoms with Crippen molar-refractivity contribution in [3.63, 3.8) is 0 Å². The molecule has 1 aliphatic rings. The van der Waals surface area contributed by atoms with Crippen molar-refractivity contribution in [2.75, 3.05) is 0 Å². The van der Waals surface area contributed by atoms with Gasteiger partial charge in [0.1, 0.15) is 0 Å². The van der Waals surface area contributed by atoms with Gasteiger partial charge in [-0.15, -0.1) is 0 Å². The minimum absolute atomic E-state index is 0.132. The number of rotatable bonds is 4. The van der Waals surface area contributed by atoms with Crippen molar-refractivity contribution in [2.45, 2.75) is 12.8 Å². The summed E-state index contributed by atoms with van der Waals surface area (Å²) < 4.78 is 195. The van der Waals surface area contributed by atoms with E-state index in [-0.39, 0.29) is 65.9 Å². The average Bonchev–Trinajstić information content (AvgIpc) is 4.04. The number of hydrogen-bond donors (Lipinski definition) is 0. The number of benzene rings is 7. The molecule has 0 saturated carbocycles. The molecule has 3 heteroatoms. The second kappa shape index (κ2) is 11.0. The van der Waals surface area contributed by atoms with Crippen molar-refractivity contribution in [1.82, 2.24) is 13.7 Å². The summed E-state index contributed by atoms with van der Waals surface area (Å²) in [5, 5.41) is -1.25. The minimum atomic E-state index is -1.72. The van der Waals surface area contributed by atoms with E-state index in [1.165, 1.54) is 10.6 Å². The maximum absolute atomic E-state index is 10.1. The molecule has 0 spiro atoms. The van der Waals surface area contributed by atoms with Crippen LogP contribution in [0.3, 0.4) is 0 Å². The van der Waals surface area contributed by atoms with Crippen LogP contribution in [0, 0.1) is 0 Å². The summed E-state index contributed by atoms with van der Waals surface area (Å²) in [5.74, 6) is 0. The maximum atomic E-state index is 10.1. The fourth-order valence-electron chi connectivity index (χ4n) is 7.09. The van der Waals surface area contributed by atoms with E-state index in [1.54, 1.807) is 36.4 Å². The average molecular weight is 673 g/mol. The van der Waals surface area contributed by atoms with Gasteiger partial charge in [-0.2, -0.15) is 0 Å². The summed E-state index contributed by atoms with van der Waals surface area (Å²) in [6.45, 7) is 0. The molecule has 240 valence electrons. The third-order valence-corrected chi connectivity index (χ3v) is 9.23. The Morgan fingerprint density at radius 3 is 1.92 bits per heavy atom. The fraction of sp³-hybridized carbons (Fsp3) is 0.0417. The number of para-hydroxylation sites is 4. The molecule has 3 aromatic heterocycles. The lowest BCUT2D eigenvalue weighted by molar-refractivity contribution is 0.889. The highest BCUT2D eigenvalue weighted by Gasteiger charge is 2.21. The third kappa shape index (κ3) is 4.12. The number of aromatic nitrogens is 3. The largest absolute Gasteiger partial charge is 0.313 e. The Kier molecular flexibility index (Phi) is 3.16. The highest BCUT2D eigenvalue weighted by molar-refractivity contribution is 6.13. The van der Waals surface area contributed by atoms with Crippen molar-refractivity contribution in [3.05, 3.63) is 181 Å². The zero-order valence-corrected chi connectivity index (χ0v) is 26.3. The second-order valence-electron chi connectivity index (χ2n) is 11.9. The molecule has 3 nitrogen and oxygen atoms in total. The van der Waals surface area contributed by atoms with E-state index in [9.17, 15) is 13.7 Å². The van der Waals surface area contributed by atoms with Crippen LogP contribution in [0.2, 0.25) is 0 Å². The smallest absolute Gasteiger partial charge is 0.0652 e. The molecule has 0 fully saturated rings. The predicted octanol–water partition coefficient (Wildman–Crippen LogP) is 12.5. The van der Waals surface area contributed by atoms with Crippen LogP contribution in [0.5, 0.6) is 0 Å². The second-order valence-corrected chi connectivity index (χ2v) is 11.9. The van der Waals surface area contributed by atoms with Crippen LogP contribution >= 0.6 is 0 Å². The Labute approximate surface area is 325 Å². The first-order valence-corrected chi connectivity index (χ1v) is 16.0. The van der Waals surface area contributed by atoms with Crippen LogP contribution < -0.4 is 0 Å². The van der Waals surface area contributed by atoms with Crippen molar-refractivity contribution in [2.24, 2.45) is 0 Å². The topological polar surface area (TPSA) is 14.8 Å². The van der Waals surface area contributed by atoms with E-state index in [0.717, 1.165) is 9.13 Å². The van der Waals surface area contributed by atoms with Gasteiger partial charge in [0.2, 0.25) is 0 Å². The number of nitrogens with zero attached hydrogens (tertiary/aromatic N) is 3. The summed E-state index contributed by atoms with van der Waals surface area (Å²) in [5.41, 5.74) is -1.29. The molecule has 2 unspecified atom stereocenters. The molecule has 1 aliphatic carbocycles. The van der Waals surface area contributed by atoms with E-state index < -0.39 is 139 Å². The molecule has 0 N–H and O–H groups in total. The summed E-state index contributed by atoms with van der Waals surface area (Å²) in [6.07, 6.45) is -3.42. The van der Waals surface area contributed by atoms with Gasteiger partial charge in [-0.25, -0.2) is 0 Å². The van der Waals surface area contributed by atoms with Gasteiger partial charge in [0.05, 0.1) is 59.3 Å². The molecule has 2 atom stereocenters. The lowest BCUT2D eigenvalue weighted by Gasteiger charge is -2.15. The lowest BCUT2D eigenvalue weighted by atomic mass is 10.0. The number of allylic oxidation sites excluding steroid dienone is 1. The van der Waals surface area contributed by atoms with E-state index in [4.69, 9.17) is 15.1 Å². The highest BCUT2D eigenvalue weighted by Crippen LogP contribution is 2.40. The molecule has 0 amide bonds. The third-order valence-electron chi connectivity index (χ3n) is 9.23. The van der Waals surface area contributed by atoms with Gasteiger partial charge in [0.15, 0.2) is 0 Å². The van der Waals surface area contributed by atoms with Gasteiger partial charge in [-0.05, 0) is 78.8 Å². The standard InChI is InChI=1S/C48H33N3/c1-2-14-32(15-3-1)35-16-4-9-21-42(35)51-46-25-13-8-20-39(46)41-31-34(27-29-48(41)51)50-45-24-12-7-19-38(45)40-30-33(26-28-47(40)50)49-43-22-10-5-17-36(43)37-18-6-11-23-44(37)49/h1-10,12-22,24-31H,11,23H2/i5D,6D,7D,8D,10D,11D,12D,13D,17D,18D,19D,20D,22D,23D,24D,25D,26D,27D,28D,29D,31D. The van der Waals surface area contributed by atoms with Crippen molar-refractivity contribution >= 4 is 60.6 Å². The predicted molar refractivity (Wildman–Crippen MR) is 215 cm³/mol. The van der Waals surface area contributed by atoms with Crippen LogP contribution in [-0.2, 0) is 6.40 Å². The van der Waals surface area contributed by atoms with Crippen molar-refractivity contribution < 1.29 is 28.8 Å². The van der Waals surface area contributed by atoms with Crippen LogP contribution in [-0.4, -0.2) is 13.7 Å². The summed E-state index contributed by atoms with van der Waals surface area (Å²) in [4.78, 5) is 0. The van der Waals surface area contributed by atoms with E-state index >= 15 is 0 Å².